The molecule has 6 heteroatoms. The normalized spacial score (nSPS) is 10.8. The molecule has 0 fully saturated rings. The summed E-state index contributed by atoms with van der Waals surface area (Å²) in [5, 5.41) is 9.74. The molecule has 0 spiro atoms. The van der Waals surface area contributed by atoms with Gasteiger partial charge in [0.1, 0.15) is 5.65 Å². The minimum Gasteiger partial charge on any atom is -0.480 e. The number of ether oxygens (including phenoxy) is 1. The number of nitrogens with zero attached hydrogens (tertiary/aromatic N) is 2. The Morgan fingerprint density at radius 2 is 2.36 bits per heavy atom. The molecule has 0 aromatic carbocycles. The highest BCUT2D eigenvalue weighted by atomic mass is 35.5. The van der Waals surface area contributed by atoms with Crippen molar-refractivity contribution >= 4 is 22.6 Å². The highest BCUT2D eigenvalue weighted by molar-refractivity contribution is 6.28. The third kappa shape index (κ3) is 1.40. The number of aliphatic hydroxyl groups excluding tert-OH is 1. The lowest BCUT2D eigenvalue weighted by molar-refractivity contribution is 0.278. The molecule has 0 bridgehead atoms. The molecule has 2 rings (SSSR count). The van der Waals surface area contributed by atoms with E-state index >= 15 is 0 Å². The molecule has 2 heterocycles. The minimum absolute atomic E-state index is 0.0862. The predicted octanol–water partition coefficient (Wildman–Crippen LogP) is 1.11. The average molecular weight is 214 g/mol. The van der Waals surface area contributed by atoms with Crippen molar-refractivity contribution in [2.45, 2.75) is 6.61 Å². The lowest BCUT2D eigenvalue weighted by Crippen LogP contribution is -1.91. The smallest absolute Gasteiger partial charge is 0.227 e. The van der Waals surface area contributed by atoms with Crippen LogP contribution in [0.1, 0.15) is 5.69 Å². The predicted molar refractivity (Wildman–Crippen MR) is 51.4 cm³/mol. The van der Waals surface area contributed by atoms with Crippen LogP contribution >= 0.6 is 11.6 Å². The summed E-state index contributed by atoms with van der Waals surface area (Å²) in [6.07, 6.45) is 0. The quantitative estimate of drug-likeness (QED) is 0.734. The van der Waals surface area contributed by atoms with E-state index in [-0.39, 0.29) is 11.9 Å². The average Bonchev–Trinajstić information content (AvgIpc) is 2.59. The summed E-state index contributed by atoms with van der Waals surface area (Å²) in [4.78, 5) is 10.8. The number of halogens is 1. The van der Waals surface area contributed by atoms with Crippen molar-refractivity contribution in [2.24, 2.45) is 0 Å². The topological polar surface area (TPSA) is 71.0 Å². The van der Waals surface area contributed by atoms with Crippen LogP contribution in [-0.4, -0.2) is 27.2 Å². The number of hydrogen-bond donors (Lipinski definition) is 2. The van der Waals surface area contributed by atoms with Crippen LogP contribution in [-0.2, 0) is 6.61 Å². The molecule has 0 aliphatic heterocycles. The number of rotatable bonds is 2. The highest BCUT2D eigenvalue weighted by Gasteiger charge is 2.09. The largest absolute Gasteiger partial charge is 0.480 e. The van der Waals surface area contributed by atoms with Crippen LogP contribution in [0.2, 0.25) is 5.28 Å². The zero-order chi connectivity index (χ0) is 10.1. The van der Waals surface area contributed by atoms with E-state index in [0.717, 1.165) is 0 Å². The Labute approximate surface area is 84.7 Å². The van der Waals surface area contributed by atoms with Crippen LogP contribution in [0, 0.1) is 0 Å². The molecular formula is C8H8ClN3O2. The second-order valence-electron chi connectivity index (χ2n) is 2.72. The van der Waals surface area contributed by atoms with Gasteiger partial charge in [-0.1, -0.05) is 0 Å². The summed E-state index contributed by atoms with van der Waals surface area (Å²) >= 11 is 5.67. The van der Waals surface area contributed by atoms with Crippen LogP contribution in [0.4, 0.5) is 0 Å². The Hall–Kier alpha value is -1.33. The van der Waals surface area contributed by atoms with Crippen LogP contribution in [0.5, 0.6) is 5.88 Å². The Kier molecular flexibility index (Phi) is 2.26. The minimum atomic E-state index is -0.0862. The van der Waals surface area contributed by atoms with Gasteiger partial charge in [0.15, 0.2) is 0 Å². The molecule has 0 unspecified atom stereocenters. The van der Waals surface area contributed by atoms with Gasteiger partial charge in [-0.15, -0.1) is 0 Å². The van der Waals surface area contributed by atoms with Crippen molar-refractivity contribution in [3.05, 3.63) is 17.0 Å². The Morgan fingerprint density at radius 1 is 1.57 bits per heavy atom. The number of nitrogens with one attached hydrogen (secondary N) is 1. The maximum atomic E-state index is 8.92. The van der Waals surface area contributed by atoms with Crippen LogP contribution < -0.4 is 4.74 Å². The van der Waals surface area contributed by atoms with E-state index in [2.05, 4.69) is 15.0 Å². The maximum absolute atomic E-state index is 8.92. The molecule has 0 aliphatic carbocycles. The molecule has 74 valence electrons. The number of aromatic amines is 1. The van der Waals surface area contributed by atoms with Gasteiger partial charge in [-0.2, -0.15) is 9.97 Å². The van der Waals surface area contributed by atoms with E-state index in [1.807, 2.05) is 0 Å². The number of fused-ring (bicyclic) bond motifs is 1. The maximum Gasteiger partial charge on any atom is 0.227 e. The van der Waals surface area contributed by atoms with Gasteiger partial charge in [0, 0.05) is 5.69 Å². The molecule has 2 aromatic rings. The number of H-pyrrole nitrogens is 1. The van der Waals surface area contributed by atoms with Gasteiger partial charge in [0.25, 0.3) is 0 Å². The van der Waals surface area contributed by atoms with E-state index in [1.165, 1.54) is 7.11 Å². The van der Waals surface area contributed by atoms with Crippen LogP contribution in [0.25, 0.3) is 11.0 Å². The fraction of sp³-hybridized carbons (Fsp3) is 0.250. The fourth-order valence-electron chi connectivity index (χ4n) is 1.25. The van der Waals surface area contributed by atoms with E-state index < -0.39 is 0 Å². The molecule has 0 aliphatic rings. The monoisotopic (exact) mass is 213 g/mol. The van der Waals surface area contributed by atoms with E-state index in [4.69, 9.17) is 21.4 Å². The molecule has 0 atom stereocenters. The second kappa shape index (κ2) is 3.43. The van der Waals surface area contributed by atoms with Gasteiger partial charge in [0.05, 0.1) is 19.1 Å². The SMILES string of the molecule is COc1nc(Cl)nc2[nH]c(CO)cc12. The van der Waals surface area contributed by atoms with Crippen molar-refractivity contribution < 1.29 is 9.84 Å². The molecule has 0 radical (unpaired) electrons. The van der Waals surface area contributed by atoms with Crippen molar-refractivity contribution in [3.8, 4) is 5.88 Å². The molecule has 0 saturated heterocycles. The number of hydrogen-bond acceptors (Lipinski definition) is 4. The van der Waals surface area contributed by atoms with Crippen LogP contribution in [0.3, 0.4) is 0 Å². The highest BCUT2D eigenvalue weighted by Crippen LogP contribution is 2.24. The molecule has 0 amide bonds. The molecule has 0 saturated carbocycles. The lowest BCUT2D eigenvalue weighted by atomic mass is 10.3. The van der Waals surface area contributed by atoms with Crippen LogP contribution in [0.15, 0.2) is 6.07 Å². The molecular weight excluding hydrogens is 206 g/mol. The van der Waals surface area contributed by atoms with Crippen molar-refractivity contribution in [3.63, 3.8) is 0 Å². The summed E-state index contributed by atoms with van der Waals surface area (Å²) in [6.45, 7) is -0.0862. The summed E-state index contributed by atoms with van der Waals surface area (Å²) < 4.78 is 5.03. The van der Waals surface area contributed by atoms with Gasteiger partial charge >= 0.3 is 0 Å². The third-order valence-corrected chi connectivity index (χ3v) is 2.01. The Balaban J connectivity index is 2.71. The Bertz CT molecular complexity index is 469. The zero-order valence-corrected chi connectivity index (χ0v) is 8.17. The second-order valence-corrected chi connectivity index (χ2v) is 3.05. The van der Waals surface area contributed by atoms with Gasteiger partial charge in [-0.3, -0.25) is 0 Å². The van der Waals surface area contributed by atoms with Gasteiger partial charge in [-0.05, 0) is 17.7 Å². The first-order valence-electron chi connectivity index (χ1n) is 3.94. The summed E-state index contributed by atoms with van der Waals surface area (Å²) in [6, 6.07) is 1.73. The third-order valence-electron chi connectivity index (χ3n) is 1.84. The van der Waals surface area contributed by atoms with Gasteiger partial charge in [0.2, 0.25) is 11.2 Å². The first kappa shape index (κ1) is 9.23. The van der Waals surface area contributed by atoms with E-state index in [9.17, 15) is 0 Å². The van der Waals surface area contributed by atoms with Gasteiger partial charge in [-0.25, -0.2) is 0 Å². The van der Waals surface area contributed by atoms with Crippen molar-refractivity contribution in [1.29, 1.82) is 0 Å². The molecule has 5 nitrogen and oxygen atoms in total. The van der Waals surface area contributed by atoms with Crippen molar-refractivity contribution in [1.82, 2.24) is 15.0 Å². The lowest BCUT2D eigenvalue weighted by Gasteiger charge is -1.99. The fourth-order valence-corrected chi connectivity index (χ4v) is 1.41. The first-order valence-corrected chi connectivity index (χ1v) is 4.32. The number of aliphatic hydroxyl groups is 1. The number of methoxy groups -OCH3 is 1. The standard InChI is InChI=1S/C8H8ClN3O2/c1-14-7-5-2-4(3-13)10-6(5)11-8(9)12-7/h2,13H,3H2,1H3,(H,10,11,12). The summed E-state index contributed by atoms with van der Waals surface area (Å²) in [5.41, 5.74) is 1.21. The molecule has 14 heavy (non-hydrogen) atoms. The number of aromatic nitrogens is 3. The summed E-state index contributed by atoms with van der Waals surface area (Å²) in [7, 11) is 1.50. The van der Waals surface area contributed by atoms with E-state index in [1.54, 1.807) is 6.07 Å². The van der Waals surface area contributed by atoms with E-state index in [0.29, 0.717) is 22.6 Å². The van der Waals surface area contributed by atoms with Crippen molar-refractivity contribution in [2.75, 3.05) is 7.11 Å². The first-order chi connectivity index (χ1) is 6.74. The molecule has 2 N–H and O–H groups in total. The summed E-state index contributed by atoms with van der Waals surface area (Å²) in [5.74, 6) is 0.399. The van der Waals surface area contributed by atoms with Gasteiger partial charge < -0.3 is 14.8 Å². The Morgan fingerprint density at radius 3 is 3.00 bits per heavy atom. The zero-order valence-electron chi connectivity index (χ0n) is 7.41. The molecule has 2 aromatic heterocycles.